The number of benzene rings is 1. The van der Waals surface area contributed by atoms with Crippen LogP contribution in [0, 0.1) is 10.1 Å². The molecule has 1 heterocycles. The SMILES string of the molecule is COc1cc(OC)c(C[n+]2ccccc2)c([N+](=O)[O-])c1. The van der Waals surface area contributed by atoms with E-state index in [0.717, 1.165) is 0 Å². The highest BCUT2D eigenvalue weighted by atomic mass is 16.6. The van der Waals surface area contributed by atoms with Crippen molar-refractivity contribution >= 4 is 5.69 Å². The van der Waals surface area contributed by atoms with Crippen molar-refractivity contribution < 1.29 is 19.0 Å². The summed E-state index contributed by atoms with van der Waals surface area (Å²) in [5.41, 5.74) is 0.493. The lowest BCUT2D eigenvalue weighted by Crippen LogP contribution is -2.33. The Morgan fingerprint density at radius 2 is 1.85 bits per heavy atom. The van der Waals surface area contributed by atoms with Gasteiger partial charge >= 0.3 is 0 Å². The van der Waals surface area contributed by atoms with E-state index in [1.807, 2.05) is 35.2 Å². The molecular formula is C14H15N2O4+. The third-order valence-electron chi connectivity index (χ3n) is 2.93. The first-order valence-corrected chi connectivity index (χ1v) is 5.99. The van der Waals surface area contributed by atoms with Crippen LogP contribution in [0.1, 0.15) is 5.56 Å². The van der Waals surface area contributed by atoms with Gasteiger partial charge in [0.1, 0.15) is 17.1 Å². The number of nitrogens with zero attached hydrogens (tertiary/aromatic N) is 2. The van der Waals surface area contributed by atoms with Crippen molar-refractivity contribution in [2.45, 2.75) is 6.54 Å². The number of aromatic nitrogens is 1. The van der Waals surface area contributed by atoms with E-state index < -0.39 is 4.92 Å². The highest BCUT2D eigenvalue weighted by Gasteiger charge is 2.24. The molecule has 6 nitrogen and oxygen atoms in total. The Hall–Kier alpha value is -2.63. The summed E-state index contributed by atoms with van der Waals surface area (Å²) in [7, 11) is 2.95. The molecule has 20 heavy (non-hydrogen) atoms. The highest BCUT2D eigenvalue weighted by Crippen LogP contribution is 2.33. The van der Waals surface area contributed by atoms with Gasteiger partial charge in [-0.1, -0.05) is 6.07 Å². The first kappa shape index (κ1) is 13.8. The van der Waals surface area contributed by atoms with E-state index in [1.54, 1.807) is 6.07 Å². The lowest BCUT2D eigenvalue weighted by molar-refractivity contribution is -0.688. The van der Waals surface area contributed by atoms with Gasteiger partial charge in [0, 0.05) is 18.2 Å². The van der Waals surface area contributed by atoms with Gasteiger partial charge in [-0.25, -0.2) is 4.57 Å². The van der Waals surface area contributed by atoms with E-state index in [0.29, 0.717) is 23.6 Å². The molecule has 2 aromatic rings. The van der Waals surface area contributed by atoms with Crippen molar-refractivity contribution in [3.05, 3.63) is 58.4 Å². The van der Waals surface area contributed by atoms with Crippen LogP contribution in [0.2, 0.25) is 0 Å². The van der Waals surface area contributed by atoms with E-state index in [4.69, 9.17) is 9.47 Å². The highest BCUT2D eigenvalue weighted by molar-refractivity contribution is 5.54. The minimum Gasteiger partial charge on any atom is -0.496 e. The van der Waals surface area contributed by atoms with Crippen LogP contribution in [0.5, 0.6) is 11.5 Å². The Kier molecular flexibility index (Phi) is 4.14. The molecule has 0 N–H and O–H groups in total. The summed E-state index contributed by atoms with van der Waals surface area (Å²) in [5.74, 6) is 0.836. The molecule has 1 aromatic heterocycles. The summed E-state index contributed by atoms with van der Waals surface area (Å²) in [5, 5.41) is 11.2. The predicted octanol–water partition coefficient (Wildman–Crippen LogP) is 1.95. The second-order valence-corrected chi connectivity index (χ2v) is 4.13. The molecule has 0 unspecified atom stereocenters. The Bertz CT molecular complexity index is 614. The van der Waals surface area contributed by atoms with Gasteiger partial charge in [0.2, 0.25) is 0 Å². The fourth-order valence-corrected chi connectivity index (χ4v) is 1.95. The molecule has 6 heteroatoms. The van der Waals surface area contributed by atoms with Crippen molar-refractivity contribution in [1.29, 1.82) is 0 Å². The van der Waals surface area contributed by atoms with Crippen LogP contribution < -0.4 is 14.0 Å². The van der Waals surface area contributed by atoms with Gasteiger partial charge in [-0.2, -0.15) is 0 Å². The molecule has 1 aromatic carbocycles. The third-order valence-corrected chi connectivity index (χ3v) is 2.93. The molecule has 0 amide bonds. The summed E-state index contributed by atoms with van der Waals surface area (Å²) >= 11 is 0. The van der Waals surface area contributed by atoms with Crippen LogP contribution in [0.3, 0.4) is 0 Å². The lowest BCUT2D eigenvalue weighted by Gasteiger charge is -2.09. The van der Waals surface area contributed by atoms with Crippen molar-refractivity contribution in [1.82, 2.24) is 0 Å². The Morgan fingerprint density at radius 3 is 2.40 bits per heavy atom. The van der Waals surface area contributed by atoms with E-state index in [9.17, 15) is 10.1 Å². The summed E-state index contributed by atoms with van der Waals surface area (Å²) in [4.78, 5) is 10.8. The second kappa shape index (κ2) is 6.01. The van der Waals surface area contributed by atoms with E-state index >= 15 is 0 Å². The number of nitro groups is 1. The minimum atomic E-state index is -0.427. The molecule has 2 rings (SSSR count). The van der Waals surface area contributed by atoms with Gasteiger partial charge in [-0.3, -0.25) is 10.1 Å². The Labute approximate surface area is 116 Å². The molecule has 104 valence electrons. The molecule has 0 radical (unpaired) electrons. The van der Waals surface area contributed by atoms with Gasteiger partial charge in [-0.15, -0.1) is 0 Å². The molecule has 0 saturated heterocycles. The summed E-state index contributed by atoms with van der Waals surface area (Å²) in [6, 6.07) is 8.66. The average molecular weight is 275 g/mol. The monoisotopic (exact) mass is 275 g/mol. The topological polar surface area (TPSA) is 65.5 Å². The first-order valence-electron chi connectivity index (χ1n) is 5.99. The zero-order chi connectivity index (χ0) is 14.5. The van der Waals surface area contributed by atoms with Crippen LogP contribution in [0.25, 0.3) is 0 Å². The fraction of sp³-hybridized carbons (Fsp3) is 0.214. The van der Waals surface area contributed by atoms with E-state index in [2.05, 4.69) is 0 Å². The van der Waals surface area contributed by atoms with Gasteiger partial charge < -0.3 is 9.47 Å². The fourth-order valence-electron chi connectivity index (χ4n) is 1.95. The zero-order valence-electron chi connectivity index (χ0n) is 11.3. The van der Waals surface area contributed by atoms with Crippen molar-refractivity contribution in [3.63, 3.8) is 0 Å². The van der Waals surface area contributed by atoms with E-state index in [1.165, 1.54) is 20.3 Å². The molecule has 0 saturated carbocycles. The summed E-state index contributed by atoms with van der Waals surface area (Å²) in [6.07, 6.45) is 3.68. The zero-order valence-corrected chi connectivity index (χ0v) is 11.3. The van der Waals surface area contributed by atoms with Gasteiger partial charge in [0.25, 0.3) is 5.69 Å². The predicted molar refractivity (Wildman–Crippen MR) is 71.9 cm³/mol. The molecule has 0 bridgehead atoms. The maximum absolute atomic E-state index is 11.2. The number of rotatable bonds is 5. The van der Waals surface area contributed by atoms with Gasteiger partial charge in [-0.05, 0) is 0 Å². The molecule has 0 fully saturated rings. The Balaban J connectivity index is 2.51. The number of pyridine rings is 1. The molecule has 0 aliphatic rings. The van der Waals surface area contributed by atoms with Crippen molar-refractivity contribution in [2.24, 2.45) is 0 Å². The van der Waals surface area contributed by atoms with Crippen molar-refractivity contribution in [3.8, 4) is 11.5 Å². The molecule has 0 aliphatic heterocycles. The normalized spacial score (nSPS) is 10.1. The Morgan fingerprint density at radius 1 is 1.15 bits per heavy atom. The number of hydrogen-bond acceptors (Lipinski definition) is 4. The van der Waals surface area contributed by atoms with Crippen LogP contribution in [-0.4, -0.2) is 19.1 Å². The van der Waals surface area contributed by atoms with Crippen LogP contribution in [0.15, 0.2) is 42.7 Å². The van der Waals surface area contributed by atoms with E-state index in [-0.39, 0.29) is 5.69 Å². The smallest absolute Gasteiger partial charge is 0.286 e. The molecule has 0 spiro atoms. The summed E-state index contributed by atoms with van der Waals surface area (Å²) in [6.45, 7) is 0.352. The van der Waals surface area contributed by atoms with Gasteiger partial charge in [0.15, 0.2) is 18.9 Å². The maximum Gasteiger partial charge on any atom is 0.286 e. The molecule has 0 aliphatic carbocycles. The summed E-state index contributed by atoms with van der Waals surface area (Å²) < 4.78 is 12.2. The van der Waals surface area contributed by atoms with Crippen LogP contribution in [0.4, 0.5) is 5.69 Å². The molecular weight excluding hydrogens is 260 g/mol. The quantitative estimate of drug-likeness (QED) is 0.475. The lowest BCUT2D eigenvalue weighted by atomic mass is 10.1. The maximum atomic E-state index is 11.2. The third kappa shape index (κ3) is 2.85. The number of ether oxygens (including phenoxy) is 2. The van der Waals surface area contributed by atoms with Crippen LogP contribution in [-0.2, 0) is 6.54 Å². The molecule has 0 atom stereocenters. The number of nitro benzene ring substituents is 1. The largest absolute Gasteiger partial charge is 0.496 e. The first-order chi connectivity index (χ1) is 9.65. The minimum absolute atomic E-state index is 0.0162. The van der Waals surface area contributed by atoms with Crippen LogP contribution >= 0.6 is 0 Å². The van der Waals surface area contributed by atoms with Gasteiger partial charge in [0.05, 0.1) is 25.2 Å². The standard InChI is InChI=1S/C14H15N2O4/c1-19-11-8-13(16(17)18)12(14(9-11)20-2)10-15-6-4-3-5-7-15/h3-9H,10H2,1-2H3/q+1. The van der Waals surface area contributed by atoms with Crippen molar-refractivity contribution in [2.75, 3.05) is 14.2 Å². The second-order valence-electron chi connectivity index (χ2n) is 4.13. The number of methoxy groups -OCH3 is 2. The number of hydrogen-bond donors (Lipinski definition) is 0. The average Bonchev–Trinajstić information content (AvgIpc) is 2.48.